The lowest BCUT2D eigenvalue weighted by Gasteiger charge is -2.34. The normalized spacial score (nSPS) is 16.8. The van der Waals surface area contributed by atoms with Crippen LogP contribution in [0.3, 0.4) is 0 Å². The second-order valence-electron chi connectivity index (χ2n) is 6.55. The van der Waals surface area contributed by atoms with Gasteiger partial charge in [-0.1, -0.05) is 13.0 Å². The Balaban J connectivity index is 1.99. The Hall–Kier alpha value is -2.57. The molecule has 1 aliphatic heterocycles. The maximum Gasteiger partial charge on any atom is 0.308 e. The molecule has 1 fully saturated rings. The van der Waals surface area contributed by atoms with Gasteiger partial charge in [0.2, 0.25) is 11.8 Å². The predicted molar refractivity (Wildman–Crippen MR) is 98.8 cm³/mol. The highest BCUT2D eigenvalue weighted by molar-refractivity contribution is 5.93. The Bertz CT molecular complexity index is 654. The quantitative estimate of drug-likeness (QED) is 0.717. The van der Waals surface area contributed by atoms with Crippen LogP contribution in [0.5, 0.6) is 0 Å². The van der Waals surface area contributed by atoms with Crippen molar-refractivity contribution < 1.29 is 19.1 Å². The number of hydrogen-bond acceptors (Lipinski definition) is 5. The first-order valence-electron chi connectivity index (χ1n) is 8.95. The van der Waals surface area contributed by atoms with E-state index in [9.17, 15) is 14.4 Å². The van der Waals surface area contributed by atoms with E-state index in [4.69, 9.17) is 4.74 Å². The van der Waals surface area contributed by atoms with Gasteiger partial charge in [0.1, 0.15) is 6.04 Å². The molecule has 0 bridgehead atoms. The summed E-state index contributed by atoms with van der Waals surface area (Å²) in [4.78, 5) is 38.1. The van der Waals surface area contributed by atoms with Crippen molar-refractivity contribution in [2.75, 3.05) is 31.6 Å². The molecule has 142 valence electrons. The molecule has 2 amide bonds. The maximum absolute atomic E-state index is 12.6. The van der Waals surface area contributed by atoms with E-state index in [0.29, 0.717) is 26.1 Å². The van der Waals surface area contributed by atoms with Crippen LogP contribution in [0.15, 0.2) is 18.2 Å². The van der Waals surface area contributed by atoms with Crippen molar-refractivity contribution in [3.05, 3.63) is 29.3 Å². The van der Waals surface area contributed by atoms with Gasteiger partial charge in [0.05, 0.1) is 19.6 Å². The number of nitrogens with zero attached hydrogens (tertiary/aromatic N) is 1. The summed E-state index contributed by atoms with van der Waals surface area (Å²) in [6.45, 7) is 7.03. The number of hydrogen-bond donors (Lipinski definition) is 2. The molecular weight excluding hydrogens is 334 g/mol. The highest BCUT2D eigenvalue weighted by atomic mass is 16.5. The van der Waals surface area contributed by atoms with Crippen molar-refractivity contribution in [3.8, 4) is 0 Å². The van der Waals surface area contributed by atoms with Crippen LogP contribution in [-0.2, 0) is 19.1 Å². The molecule has 2 N–H and O–H groups in total. The average molecular weight is 361 g/mol. The van der Waals surface area contributed by atoms with Crippen LogP contribution in [0.25, 0.3) is 0 Å². The second-order valence-corrected chi connectivity index (χ2v) is 6.55. The number of piperazine rings is 1. The predicted octanol–water partition coefficient (Wildman–Crippen LogP) is 1.39. The number of aryl methyl sites for hydroxylation is 2. The van der Waals surface area contributed by atoms with Crippen LogP contribution in [-0.4, -0.2) is 55.0 Å². The van der Waals surface area contributed by atoms with Gasteiger partial charge in [-0.2, -0.15) is 0 Å². The maximum atomic E-state index is 12.6. The molecule has 1 unspecified atom stereocenters. The molecule has 1 aromatic carbocycles. The molecular formula is C19H27N3O4. The van der Waals surface area contributed by atoms with Crippen molar-refractivity contribution in [2.45, 2.75) is 39.7 Å². The molecule has 0 aliphatic carbocycles. The van der Waals surface area contributed by atoms with E-state index in [-0.39, 0.29) is 24.8 Å². The summed E-state index contributed by atoms with van der Waals surface area (Å²) >= 11 is 0. The molecule has 26 heavy (non-hydrogen) atoms. The molecule has 0 aromatic heterocycles. The topological polar surface area (TPSA) is 87.7 Å². The third kappa shape index (κ3) is 5.47. The molecule has 1 aromatic rings. The van der Waals surface area contributed by atoms with Crippen molar-refractivity contribution >= 4 is 23.5 Å². The monoisotopic (exact) mass is 361 g/mol. The van der Waals surface area contributed by atoms with E-state index in [1.54, 1.807) is 0 Å². The van der Waals surface area contributed by atoms with E-state index in [2.05, 4.69) is 16.7 Å². The Morgan fingerprint density at radius 2 is 1.96 bits per heavy atom. The fraction of sp³-hybridized carbons (Fsp3) is 0.526. The first kappa shape index (κ1) is 19.8. The van der Waals surface area contributed by atoms with Crippen LogP contribution >= 0.6 is 0 Å². The number of anilines is 1. The Kier molecular flexibility index (Phi) is 7.00. The number of carbonyl (C=O) groups excluding carboxylic acids is 3. The highest BCUT2D eigenvalue weighted by Crippen LogP contribution is 2.15. The van der Waals surface area contributed by atoms with Gasteiger partial charge in [-0.05, 0) is 43.5 Å². The number of benzene rings is 1. The summed E-state index contributed by atoms with van der Waals surface area (Å²) in [5.41, 5.74) is 3.07. The Morgan fingerprint density at radius 3 is 2.62 bits per heavy atom. The van der Waals surface area contributed by atoms with Crippen LogP contribution in [0.1, 0.15) is 30.9 Å². The molecule has 0 saturated carbocycles. The number of rotatable bonds is 7. The van der Waals surface area contributed by atoms with E-state index < -0.39 is 12.0 Å². The molecule has 7 heteroatoms. The Morgan fingerprint density at radius 1 is 1.27 bits per heavy atom. The minimum Gasteiger partial charge on any atom is -0.466 e. The smallest absolute Gasteiger partial charge is 0.308 e. The Labute approximate surface area is 154 Å². The van der Waals surface area contributed by atoms with Crippen molar-refractivity contribution in [3.63, 3.8) is 0 Å². The fourth-order valence-corrected chi connectivity index (χ4v) is 3.00. The standard InChI is InChI=1S/C19H27N3O4/c1-4-7-26-18(24)11-16-19(25)20-5-6-22(16)17(23)12-21-15-9-13(2)8-14(3)10-15/h8-10,16,21H,4-7,11-12H2,1-3H3,(H,20,25). The first-order chi connectivity index (χ1) is 12.4. The zero-order chi connectivity index (χ0) is 19.1. The van der Waals surface area contributed by atoms with Gasteiger partial charge in [-0.25, -0.2) is 0 Å². The zero-order valence-electron chi connectivity index (χ0n) is 15.6. The SMILES string of the molecule is CCCOC(=O)CC1C(=O)NCCN1C(=O)CNc1cc(C)cc(C)c1. The number of amides is 2. The van der Waals surface area contributed by atoms with E-state index >= 15 is 0 Å². The van der Waals surface area contributed by atoms with E-state index in [1.807, 2.05) is 32.9 Å². The van der Waals surface area contributed by atoms with Crippen molar-refractivity contribution in [1.29, 1.82) is 0 Å². The van der Waals surface area contributed by atoms with Gasteiger partial charge in [-0.3, -0.25) is 14.4 Å². The summed E-state index contributed by atoms with van der Waals surface area (Å²) < 4.78 is 5.05. The molecule has 0 spiro atoms. The number of esters is 1. The second kappa shape index (κ2) is 9.22. The van der Waals surface area contributed by atoms with E-state index in [0.717, 1.165) is 16.8 Å². The van der Waals surface area contributed by atoms with Gasteiger partial charge in [0.25, 0.3) is 0 Å². The third-order valence-electron chi connectivity index (χ3n) is 4.14. The van der Waals surface area contributed by atoms with Gasteiger partial charge in [0.15, 0.2) is 0 Å². The largest absolute Gasteiger partial charge is 0.466 e. The minimum absolute atomic E-state index is 0.0662. The number of ether oxygens (including phenoxy) is 1. The van der Waals surface area contributed by atoms with Crippen LogP contribution in [0.2, 0.25) is 0 Å². The molecule has 1 atom stereocenters. The van der Waals surface area contributed by atoms with E-state index in [1.165, 1.54) is 4.90 Å². The van der Waals surface area contributed by atoms with Gasteiger partial charge >= 0.3 is 5.97 Å². The molecule has 0 radical (unpaired) electrons. The summed E-state index contributed by atoms with van der Waals surface area (Å²) in [7, 11) is 0. The van der Waals surface area contributed by atoms with Crippen molar-refractivity contribution in [1.82, 2.24) is 10.2 Å². The lowest BCUT2D eigenvalue weighted by Crippen LogP contribution is -2.58. The summed E-state index contributed by atoms with van der Waals surface area (Å²) in [5, 5.41) is 5.81. The molecule has 1 aliphatic rings. The highest BCUT2D eigenvalue weighted by Gasteiger charge is 2.34. The molecule has 7 nitrogen and oxygen atoms in total. The molecule has 1 saturated heterocycles. The summed E-state index contributed by atoms with van der Waals surface area (Å²) in [5.74, 6) is -0.995. The first-order valence-corrected chi connectivity index (χ1v) is 8.95. The van der Waals surface area contributed by atoms with Gasteiger partial charge in [0, 0.05) is 18.8 Å². The average Bonchev–Trinajstić information content (AvgIpc) is 2.58. The van der Waals surface area contributed by atoms with Gasteiger partial charge < -0.3 is 20.3 Å². The third-order valence-corrected chi connectivity index (χ3v) is 4.14. The van der Waals surface area contributed by atoms with Crippen molar-refractivity contribution in [2.24, 2.45) is 0 Å². The molecule has 1 heterocycles. The lowest BCUT2D eigenvalue weighted by atomic mass is 10.1. The zero-order valence-corrected chi connectivity index (χ0v) is 15.6. The number of carbonyl (C=O) groups is 3. The number of nitrogens with one attached hydrogen (secondary N) is 2. The lowest BCUT2D eigenvalue weighted by molar-refractivity contribution is -0.151. The van der Waals surface area contributed by atoms with Gasteiger partial charge in [-0.15, -0.1) is 0 Å². The van der Waals surface area contributed by atoms with Crippen LogP contribution < -0.4 is 10.6 Å². The minimum atomic E-state index is -0.818. The summed E-state index contributed by atoms with van der Waals surface area (Å²) in [6, 6.07) is 5.16. The molecule has 2 rings (SSSR count). The summed E-state index contributed by atoms with van der Waals surface area (Å²) in [6.07, 6.45) is 0.589. The van der Waals surface area contributed by atoms with Crippen LogP contribution in [0.4, 0.5) is 5.69 Å². The van der Waals surface area contributed by atoms with Crippen LogP contribution in [0, 0.1) is 13.8 Å². The fourth-order valence-electron chi connectivity index (χ4n) is 3.00.